The summed E-state index contributed by atoms with van der Waals surface area (Å²) in [6.07, 6.45) is 0. The lowest BCUT2D eigenvalue weighted by Crippen LogP contribution is -2.49. The van der Waals surface area contributed by atoms with E-state index in [1.807, 2.05) is 31.2 Å². The Morgan fingerprint density at radius 3 is 2.24 bits per heavy atom. The Bertz CT molecular complexity index is 514. The molecule has 21 heavy (non-hydrogen) atoms. The van der Waals surface area contributed by atoms with Gasteiger partial charge in [0.25, 0.3) is 0 Å². The molecule has 0 aliphatic carbocycles. The molecule has 0 spiro atoms. The van der Waals surface area contributed by atoms with Gasteiger partial charge < -0.3 is 16.0 Å². The number of rotatable bonds is 5. The predicted octanol–water partition coefficient (Wildman–Crippen LogP) is 2.21. The fourth-order valence-corrected chi connectivity index (χ4v) is 2.65. The van der Waals surface area contributed by atoms with E-state index in [1.54, 1.807) is 18.9 Å². The number of hydrogen-bond donors (Lipinski definition) is 2. The second-order valence-corrected chi connectivity index (χ2v) is 5.72. The van der Waals surface area contributed by atoms with Crippen LogP contribution in [0.3, 0.4) is 0 Å². The molecule has 0 radical (unpaired) electrons. The van der Waals surface area contributed by atoms with Crippen molar-refractivity contribution in [2.45, 2.75) is 39.8 Å². The number of nitrogens with one attached hydrogen (secondary N) is 1. The van der Waals surface area contributed by atoms with Crippen LogP contribution >= 0.6 is 0 Å². The second kappa shape index (κ2) is 7.11. The summed E-state index contributed by atoms with van der Waals surface area (Å²) in [5.41, 5.74) is 7.35. The summed E-state index contributed by atoms with van der Waals surface area (Å²) in [5, 5.41) is 2.43. The second-order valence-electron chi connectivity index (χ2n) is 5.72. The van der Waals surface area contributed by atoms with E-state index >= 15 is 0 Å². The Balaban J connectivity index is 3.04. The van der Waals surface area contributed by atoms with Crippen LogP contribution in [-0.2, 0) is 4.79 Å². The molecule has 5 heteroatoms. The van der Waals surface area contributed by atoms with Gasteiger partial charge in [0.05, 0.1) is 6.04 Å². The highest BCUT2D eigenvalue weighted by Crippen LogP contribution is 2.30. The maximum Gasteiger partial charge on any atom is 0.312 e. The number of hydrogen-bond acceptors (Lipinski definition) is 2. The van der Waals surface area contributed by atoms with Crippen LogP contribution < -0.4 is 11.1 Å². The molecule has 1 aromatic rings. The van der Waals surface area contributed by atoms with Crippen LogP contribution in [0.25, 0.3) is 0 Å². The minimum Gasteiger partial charge on any atom is -0.352 e. The Morgan fingerprint density at radius 1 is 1.19 bits per heavy atom. The van der Waals surface area contributed by atoms with E-state index in [0.717, 1.165) is 11.1 Å². The molecule has 0 heterocycles. The molecule has 1 rings (SSSR count). The zero-order valence-electron chi connectivity index (χ0n) is 13.4. The highest BCUT2D eigenvalue weighted by molar-refractivity contribution is 5.86. The van der Waals surface area contributed by atoms with Gasteiger partial charge in [0, 0.05) is 7.05 Å². The van der Waals surface area contributed by atoms with E-state index in [2.05, 4.69) is 19.2 Å². The molecule has 116 valence electrons. The van der Waals surface area contributed by atoms with Crippen molar-refractivity contribution >= 4 is 11.9 Å². The van der Waals surface area contributed by atoms with Crippen LogP contribution in [0.1, 0.15) is 37.9 Å². The number of nitrogens with two attached hydrogens (primary N) is 1. The summed E-state index contributed by atoms with van der Waals surface area (Å²) < 4.78 is 0. The number of likely N-dealkylation sites (N-methyl/N-ethyl adjacent to an activating group) is 1. The van der Waals surface area contributed by atoms with Crippen LogP contribution in [0.4, 0.5) is 4.79 Å². The zero-order valence-corrected chi connectivity index (χ0v) is 13.4. The average molecular weight is 291 g/mol. The van der Waals surface area contributed by atoms with Gasteiger partial charge in [0.1, 0.15) is 6.04 Å². The van der Waals surface area contributed by atoms with Gasteiger partial charge in [-0.2, -0.15) is 0 Å². The van der Waals surface area contributed by atoms with Crippen molar-refractivity contribution in [1.29, 1.82) is 0 Å². The summed E-state index contributed by atoms with van der Waals surface area (Å²) >= 11 is 0. The van der Waals surface area contributed by atoms with E-state index in [9.17, 15) is 9.59 Å². The quantitative estimate of drug-likeness (QED) is 0.872. The molecular weight excluding hydrogens is 266 g/mol. The van der Waals surface area contributed by atoms with Gasteiger partial charge in [-0.15, -0.1) is 0 Å². The fourth-order valence-electron chi connectivity index (χ4n) is 2.65. The van der Waals surface area contributed by atoms with Crippen molar-refractivity contribution in [3.05, 3.63) is 35.4 Å². The number of aryl methyl sites for hydroxylation is 1. The van der Waals surface area contributed by atoms with E-state index in [0.29, 0.717) is 0 Å². The number of nitrogens with zero attached hydrogens (tertiary/aromatic N) is 1. The summed E-state index contributed by atoms with van der Waals surface area (Å²) in [4.78, 5) is 25.1. The Labute approximate surface area is 126 Å². The highest BCUT2D eigenvalue weighted by atomic mass is 16.2. The van der Waals surface area contributed by atoms with Gasteiger partial charge in [-0.3, -0.25) is 4.79 Å². The summed E-state index contributed by atoms with van der Waals surface area (Å²) in [7, 11) is 1.76. The van der Waals surface area contributed by atoms with Crippen molar-refractivity contribution in [3.8, 4) is 0 Å². The first-order chi connectivity index (χ1) is 9.75. The smallest absolute Gasteiger partial charge is 0.312 e. The Hall–Kier alpha value is -2.04. The molecule has 0 saturated carbocycles. The molecule has 0 bridgehead atoms. The van der Waals surface area contributed by atoms with E-state index in [1.165, 1.54) is 0 Å². The van der Waals surface area contributed by atoms with Gasteiger partial charge in [0.2, 0.25) is 5.91 Å². The predicted molar refractivity (Wildman–Crippen MR) is 83.7 cm³/mol. The minimum atomic E-state index is -0.693. The number of carbonyl (C=O) groups excluding carboxylic acids is 2. The maximum atomic E-state index is 12.5. The summed E-state index contributed by atoms with van der Waals surface area (Å²) in [5.74, 6) is 0.0941. The number of primary amides is 1. The van der Waals surface area contributed by atoms with E-state index in [-0.39, 0.29) is 17.9 Å². The lowest BCUT2D eigenvalue weighted by atomic mass is 9.91. The topological polar surface area (TPSA) is 75.4 Å². The third-order valence-corrected chi connectivity index (χ3v) is 3.63. The normalized spacial score (nSPS) is 13.6. The first-order valence-electron chi connectivity index (χ1n) is 7.13. The molecule has 5 nitrogen and oxygen atoms in total. The largest absolute Gasteiger partial charge is 0.352 e. The zero-order chi connectivity index (χ0) is 16.2. The molecule has 0 aliphatic heterocycles. The van der Waals surface area contributed by atoms with Crippen molar-refractivity contribution in [2.75, 3.05) is 7.05 Å². The molecule has 3 amide bonds. The van der Waals surface area contributed by atoms with Crippen LogP contribution in [0.2, 0.25) is 0 Å². The third-order valence-electron chi connectivity index (χ3n) is 3.63. The lowest BCUT2D eigenvalue weighted by molar-refractivity contribution is -0.134. The third kappa shape index (κ3) is 4.21. The van der Waals surface area contributed by atoms with Crippen LogP contribution in [-0.4, -0.2) is 29.9 Å². The summed E-state index contributed by atoms with van der Waals surface area (Å²) in [6, 6.07) is 6.65. The number of carbonyl (C=O) groups is 2. The standard InChI is InChI=1S/C16H25N3O2/c1-10(2)14(13-9-7-6-8-11(13)3)19(5)15(20)12(4)18-16(17)21/h6-10,12,14H,1-5H3,(H3,17,18,21). The Morgan fingerprint density at radius 2 is 1.76 bits per heavy atom. The van der Waals surface area contributed by atoms with Crippen LogP contribution in [0.15, 0.2) is 24.3 Å². The van der Waals surface area contributed by atoms with Gasteiger partial charge in [-0.1, -0.05) is 38.1 Å². The molecule has 0 fully saturated rings. The monoisotopic (exact) mass is 291 g/mol. The van der Waals surface area contributed by atoms with Gasteiger partial charge in [-0.25, -0.2) is 4.79 Å². The maximum absolute atomic E-state index is 12.5. The fraction of sp³-hybridized carbons (Fsp3) is 0.500. The lowest BCUT2D eigenvalue weighted by Gasteiger charge is -2.34. The molecule has 0 saturated heterocycles. The number of urea groups is 1. The van der Waals surface area contributed by atoms with Crippen molar-refractivity contribution in [2.24, 2.45) is 11.7 Å². The highest BCUT2D eigenvalue weighted by Gasteiger charge is 2.28. The summed E-state index contributed by atoms with van der Waals surface area (Å²) in [6.45, 7) is 7.83. The van der Waals surface area contributed by atoms with Crippen molar-refractivity contribution in [3.63, 3.8) is 0 Å². The van der Waals surface area contributed by atoms with Crippen LogP contribution in [0, 0.1) is 12.8 Å². The molecule has 2 unspecified atom stereocenters. The van der Waals surface area contributed by atoms with Crippen molar-refractivity contribution in [1.82, 2.24) is 10.2 Å². The Kier molecular flexibility index (Phi) is 5.76. The van der Waals surface area contributed by atoms with E-state index in [4.69, 9.17) is 5.73 Å². The van der Waals surface area contributed by atoms with E-state index < -0.39 is 12.1 Å². The molecular formula is C16H25N3O2. The average Bonchev–Trinajstić information content (AvgIpc) is 2.39. The molecule has 2 atom stereocenters. The first-order valence-corrected chi connectivity index (χ1v) is 7.13. The number of amides is 3. The van der Waals surface area contributed by atoms with Gasteiger partial charge in [0.15, 0.2) is 0 Å². The SMILES string of the molecule is Cc1ccccc1C(C(C)C)N(C)C(=O)C(C)NC(N)=O. The van der Waals surface area contributed by atoms with Crippen molar-refractivity contribution < 1.29 is 9.59 Å². The van der Waals surface area contributed by atoms with Crippen LogP contribution in [0.5, 0.6) is 0 Å². The number of benzene rings is 1. The first kappa shape index (κ1) is 17.0. The molecule has 1 aromatic carbocycles. The minimum absolute atomic E-state index is 0.0455. The molecule has 0 aromatic heterocycles. The van der Waals surface area contributed by atoms with Gasteiger partial charge in [-0.05, 0) is 30.9 Å². The van der Waals surface area contributed by atoms with Gasteiger partial charge >= 0.3 is 6.03 Å². The molecule has 0 aliphatic rings. The molecule has 3 N–H and O–H groups in total.